The summed E-state index contributed by atoms with van der Waals surface area (Å²) in [5, 5.41) is 4.36. The van der Waals surface area contributed by atoms with Crippen molar-refractivity contribution in [3.8, 4) is 5.69 Å². The summed E-state index contributed by atoms with van der Waals surface area (Å²) in [5.74, 6) is 0. The molecule has 2 aromatic carbocycles. The highest BCUT2D eigenvalue weighted by Crippen LogP contribution is 2.10. The van der Waals surface area contributed by atoms with Gasteiger partial charge in [-0.25, -0.2) is 4.68 Å². The van der Waals surface area contributed by atoms with E-state index in [1.165, 1.54) is 5.56 Å². The first-order chi connectivity index (χ1) is 9.42. The zero-order valence-corrected chi connectivity index (χ0v) is 10.5. The Morgan fingerprint density at radius 2 is 1.37 bits per heavy atom. The van der Waals surface area contributed by atoms with Crippen molar-refractivity contribution in [2.75, 3.05) is 0 Å². The number of aromatic nitrogens is 2. The van der Waals surface area contributed by atoms with Gasteiger partial charge in [0, 0.05) is 11.8 Å². The molecule has 0 spiro atoms. The Morgan fingerprint density at radius 1 is 0.737 bits per heavy atom. The summed E-state index contributed by atoms with van der Waals surface area (Å²) in [5.41, 5.74) is 3.35. The van der Waals surface area contributed by atoms with Crippen LogP contribution in [-0.4, -0.2) is 9.78 Å². The molecule has 0 aliphatic rings. The van der Waals surface area contributed by atoms with Crippen LogP contribution in [0.2, 0.25) is 0 Å². The summed E-state index contributed by atoms with van der Waals surface area (Å²) in [6.07, 6.45) is 8.05. The highest BCUT2D eigenvalue weighted by Gasteiger charge is 1.97. The monoisotopic (exact) mass is 246 g/mol. The molecule has 0 atom stereocenters. The van der Waals surface area contributed by atoms with Crippen molar-refractivity contribution in [3.05, 3.63) is 84.2 Å². The number of hydrogen-bond donors (Lipinski definition) is 0. The van der Waals surface area contributed by atoms with Gasteiger partial charge >= 0.3 is 0 Å². The van der Waals surface area contributed by atoms with Crippen LogP contribution in [0.3, 0.4) is 0 Å². The van der Waals surface area contributed by atoms with Crippen molar-refractivity contribution in [1.82, 2.24) is 9.78 Å². The first-order valence-electron chi connectivity index (χ1n) is 6.25. The molecule has 0 fully saturated rings. The Morgan fingerprint density at radius 3 is 2.11 bits per heavy atom. The molecule has 0 unspecified atom stereocenters. The average Bonchev–Trinajstić information content (AvgIpc) is 2.96. The molecule has 0 aliphatic heterocycles. The third-order valence-electron chi connectivity index (χ3n) is 2.89. The first-order valence-corrected chi connectivity index (χ1v) is 6.25. The van der Waals surface area contributed by atoms with E-state index >= 15 is 0 Å². The van der Waals surface area contributed by atoms with E-state index in [0.29, 0.717) is 0 Å². The van der Waals surface area contributed by atoms with Gasteiger partial charge in [0.2, 0.25) is 0 Å². The highest BCUT2D eigenvalue weighted by atomic mass is 15.3. The van der Waals surface area contributed by atoms with Gasteiger partial charge in [-0.2, -0.15) is 5.10 Å². The van der Waals surface area contributed by atoms with Gasteiger partial charge in [0.15, 0.2) is 0 Å². The molecule has 0 saturated carbocycles. The number of benzene rings is 2. The SMILES string of the molecule is C(=C\c1cnn(-c2ccccc2)c1)/c1ccccc1. The smallest absolute Gasteiger partial charge is 0.0645 e. The van der Waals surface area contributed by atoms with Crippen molar-refractivity contribution in [1.29, 1.82) is 0 Å². The maximum atomic E-state index is 4.36. The minimum absolute atomic E-state index is 1.07. The van der Waals surface area contributed by atoms with Gasteiger partial charge in [0.25, 0.3) is 0 Å². The van der Waals surface area contributed by atoms with E-state index in [0.717, 1.165) is 11.3 Å². The second-order valence-electron chi connectivity index (χ2n) is 4.30. The molecule has 1 aromatic heterocycles. The van der Waals surface area contributed by atoms with Crippen LogP contribution in [0.4, 0.5) is 0 Å². The number of hydrogen-bond acceptors (Lipinski definition) is 1. The maximum Gasteiger partial charge on any atom is 0.0645 e. The van der Waals surface area contributed by atoms with Gasteiger partial charge in [0.05, 0.1) is 11.9 Å². The quantitative estimate of drug-likeness (QED) is 0.682. The van der Waals surface area contributed by atoms with Crippen molar-refractivity contribution in [2.45, 2.75) is 0 Å². The fourth-order valence-corrected chi connectivity index (χ4v) is 1.90. The Labute approximate surface area is 112 Å². The van der Waals surface area contributed by atoms with Crippen LogP contribution in [0.15, 0.2) is 73.1 Å². The molecule has 0 amide bonds. The third kappa shape index (κ3) is 2.80. The molecular formula is C17H14N2. The first kappa shape index (κ1) is 11.5. The zero-order chi connectivity index (χ0) is 12.9. The molecule has 0 aliphatic carbocycles. The van der Waals surface area contributed by atoms with Crippen LogP contribution in [0.25, 0.3) is 17.8 Å². The minimum atomic E-state index is 1.07. The predicted octanol–water partition coefficient (Wildman–Crippen LogP) is 4.04. The molecule has 92 valence electrons. The third-order valence-corrected chi connectivity index (χ3v) is 2.89. The highest BCUT2D eigenvalue weighted by molar-refractivity contribution is 5.69. The molecule has 1 heterocycles. The Kier molecular flexibility index (Phi) is 3.24. The van der Waals surface area contributed by atoms with Gasteiger partial charge in [-0.1, -0.05) is 60.7 Å². The van der Waals surface area contributed by atoms with E-state index in [4.69, 9.17) is 0 Å². The average molecular weight is 246 g/mol. The lowest BCUT2D eigenvalue weighted by Gasteiger charge is -1.98. The second kappa shape index (κ2) is 5.36. The molecule has 3 rings (SSSR count). The molecule has 2 heteroatoms. The molecular weight excluding hydrogens is 232 g/mol. The Balaban J connectivity index is 1.81. The van der Waals surface area contributed by atoms with Crippen LogP contribution in [0.5, 0.6) is 0 Å². The number of para-hydroxylation sites is 1. The van der Waals surface area contributed by atoms with Crippen molar-refractivity contribution < 1.29 is 0 Å². The normalized spacial score (nSPS) is 10.9. The van der Waals surface area contributed by atoms with E-state index in [9.17, 15) is 0 Å². The predicted molar refractivity (Wildman–Crippen MR) is 78.9 cm³/mol. The van der Waals surface area contributed by atoms with Gasteiger partial charge < -0.3 is 0 Å². The van der Waals surface area contributed by atoms with Crippen LogP contribution < -0.4 is 0 Å². The van der Waals surface area contributed by atoms with E-state index in [-0.39, 0.29) is 0 Å². The number of nitrogens with zero attached hydrogens (tertiary/aromatic N) is 2. The van der Waals surface area contributed by atoms with Gasteiger partial charge in [-0.15, -0.1) is 0 Å². The maximum absolute atomic E-state index is 4.36. The molecule has 3 aromatic rings. The minimum Gasteiger partial charge on any atom is -0.240 e. The van der Waals surface area contributed by atoms with Crippen LogP contribution in [-0.2, 0) is 0 Å². The summed E-state index contributed by atoms with van der Waals surface area (Å²) in [7, 11) is 0. The standard InChI is InChI=1S/C17H14N2/c1-3-7-15(8-4-1)11-12-16-13-18-19(14-16)17-9-5-2-6-10-17/h1-14H/b12-11+. The fourth-order valence-electron chi connectivity index (χ4n) is 1.90. The molecule has 0 radical (unpaired) electrons. The second-order valence-corrected chi connectivity index (χ2v) is 4.30. The van der Waals surface area contributed by atoms with Gasteiger partial charge in [-0.3, -0.25) is 0 Å². The van der Waals surface area contributed by atoms with Crippen molar-refractivity contribution in [2.24, 2.45) is 0 Å². The Bertz CT molecular complexity index is 667. The van der Waals surface area contributed by atoms with E-state index < -0.39 is 0 Å². The van der Waals surface area contributed by atoms with Crippen LogP contribution >= 0.6 is 0 Å². The van der Waals surface area contributed by atoms with Crippen molar-refractivity contribution >= 4 is 12.2 Å². The lowest BCUT2D eigenvalue weighted by molar-refractivity contribution is 0.880. The van der Waals surface area contributed by atoms with Gasteiger partial charge in [0.1, 0.15) is 0 Å². The summed E-state index contributed by atoms with van der Waals surface area (Å²) < 4.78 is 1.88. The topological polar surface area (TPSA) is 17.8 Å². The largest absolute Gasteiger partial charge is 0.240 e. The van der Waals surface area contributed by atoms with E-state index in [1.807, 2.05) is 65.6 Å². The van der Waals surface area contributed by atoms with Crippen molar-refractivity contribution in [3.63, 3.8) is 0 Å². The summed E-state index contributed by atoms with van der Waals surface area (Å²) >= 11 is 0. The van der Waals surface area contributed by atoms with Crippen LogP contribution in [0.1, 0.15) is 11.1 Å². The summed E-state index contributed by atoms with van der Waals surface area (Å²) in [6, 6.07) is 20.4. The molecule has 0 saturated heterocycles. The van der Waals surface area contributed by atoms with E-state index in [1.54, 1.807) is 0 Å². The summed E-state index contributed by atoms with van der Waals surface area (Å²) in [4.78, 5) is 0. The fraction of sp³-hybridized carbons (Fsp3) is 0. The molecule has 0 N–H and O–H groups in total. The summed E-state index contributed by atoms with van der Waals surface area (Å²) in [6.45, 7) is 0. The zero-order valence-electron chi connectivity index (χ0n) is 10.5. The lowest BCUT2D eigenvalue weighted by Crippen LogP contribution is -1.92. The molecule has 19 heavy (non-hydrogen) atoms. The van der Waals surface area contributed by atoms with Gasteiger partial charge in [-0.05, 0) is 17.7 Å². The Hall–Kier alpha value is -2.61. The van der Waals surface area contributed by atoms with Crippen LogP contribution in [0, 0.1) is 0 Å². The molecule has 0 bridgehead atoms. The number of rotatable bonds is 3. The van der Waals surface area contributed by atoms with E-state index in [2.05, 4.69) is 29.4 Å². The lowest BCUT2D eigenvalue weighted by atomic mass is 10.2. The molecule has 2 nitrogen and oxygen atoms in total.